The monoisotopic (exact) mass is 279 g/mol. The van der Waals surface area contributed by atoms with Crippen molar-refractivity contribution in [3.8, 4) is 0 Å². The Bertz CT molecular complexity index is 424. The Labute approximate surface area is 108 Å². The Morgan fingerprint density at radius 2 is 2.05 bits per heavy atom. The van der Waals surface area contributed by atoms with Crippen molar-refractivity contribution in [3.05, 3.63) is 11.8 Å². The van der Waals surface area contributed by atoms with Crippen molar-refractivity contribution in [3.63, 3.8) is 0 Å². The zero-order chi connectivity index (χ0) is 14.6. The predicted octanol–water partition coefficient (Wildman–Crippen LogP) is 0.988. The minimum Gasteiger partial charge on any atom is -0.395 e. The first-order chi connectivity index (χ1) is 8.79. The number of alkyl halides is 3. The third-order valence-corrected chi connectivity index (χ3v) is 2.39. The van der Waals surface area contributed by atoms with Crippen molar-refractivity contribution >= 4 is 11.8 Å². The number of hydrogen-bond donors (Lipinski definition) is 3. The van der Waals surface area contributed by atoms with Crippen LogP contribution in [-0.2, 0) is 6.18 Å². The maximum Gasteiger partial charge on any atom is 0.433 e. The summed E-state index contributed by atoms with van der Waals surface area (Å²) in [4.78, 5) is 8.66. The van der Waals surface area contributed by atoms with Crippen LogP contribution in [0.2, 0.25) is 0 Å². The third-order valence-electron chi connectivity index (χ3n) is 2.39. The first kappa shape index (κ1) is 15.4. The molecule has 19 heavy (non-hydrogen) atoms. The van der Waals surface area contributed by atoms with E-state index in [-0.39, 0.29) is 31.0 Å². The van der Waals surface area contributed by atoms with Gasteiger partial charge in [-0.3, -0.25) is 5.43 Å². The highest BCUT2D eigenvalue weighted by Gasteiger charge is 2.34. The van der Waals surface area contributed by atoms with Crippen LogP contribution in [0.4, 0.5) is 24.9 Å². The Kier molecular flexibility index (Phi) is 4.90. The summed E-state index contributed by atoms with van der Waals surface area (Å²) in [6, 6.07) is 0.699. The molecule has 4 N–H and O–H groups in total. The van der Waals surface area contributed by atoms with Gasteiger partial charge in [0.1, 0.15) is 5.82 Å². The van der Waals surface area contributed by atoms with E-state index in [1.165, 1.54) is 4.90 Å². The lowest BCUT2D eigenvalue weighted by Crippen LogP contribution is -2.34. The molecule has 6 nitrogen and oxygen atoms in total. The van der Waals surface area contributed by atoms with Crippen LogP contribution in [0.3, 0.4) is 0 Å². The van der Waals surface area contributed by atoms with Gasteiger partial charge in [-0.1, -0.05) is 0 Å². The number of aromatic nitrogens is 2. The second kappa shape index (κ2) is 6.02. The van der Waals surface area contributed by atoms with Gasteiger partial charge < -0.3 is 10.0 Å². The van der Waals surface area contributed by atoms with Gasteiger partial charge in [-0.25, -0.2) is 10.8 Å². The fourth-order valence-corrected chi connectivity index (χ4v) is 1.54. The Balaban J connectivity index is 3.25. The molecular weight excluding hydrogens is 263 g/mol. The number of nitrogens with one attached hydrogen (secondary N) is 1. The number of nitrogens with zero attached hydrogens (tertiary/aromatic N) is 3. The number of halogens is 3. The maximum atomic E-state index is 12.7. The molecule has 1 heterocycles. The van der Waals surface area contributed by atoms with Crippen molar-refractivity contribution < 1.29 is 18.3 Å². The fraction of sp³-hybridized carbons (Fsp3) is 0.600. The van der Waals surface area contributed by atoms with Crippen molar-refractivity contribution in [2.75, 3.05) is 23.5 Å². The summed E-state index contributed by atoms with van der Waals surface area (Å²) in [6.45, 7) is 3.52. The zero-order valence-electron chi connectivity index (χ0n) is 10.6. The number of rotatable bonds is 5. The van der Waals surface area contributed by atoms with E-state index in [1.54, 1.807) is 13.8 Å². The largest absolute Gasteiger partial charge is 0.433 e. The fourth-order valence-electron chi connectivity index (χ4n) is 1.54. The van der Waals surface area contributed by atoms with Crippen LogP contribution in [0.1, 0.15) is 19.5 Å². The summed E-state index contributed by atoms with van der Waals surface area (Å²) in [7, 11) is 0. The van der Waals surface area contributed by atoms with E-state index < -0.39 is 11.9 Å². The van der Waals surface area contributed by atoms with E-state index in [9.17, 15) is 13.2 Å². The Morgan fingerprint density at radius 3 is 2.47 bits per heavy atom. The van der Waals surface area contributed by atoms with E-state index in [4.69, 9.17) is 10.9 Å². The molecule has 0 aliphatic carbocycles. The molecule has 0 amide bonds. The molecule has 0 bridgehead atoms. The summed E-state index contributed by atoms with van der Waals surface area (Å²) < 4.78 is 38.1. The highest BCUT2D eigenvalue weighted by Crippen LogP contribution is 2.30. The number of hydrazine groups is 1. The SMILES string of the molecule is CC(C)N(CCO)c1cc(C(F)(F)F)nc(NN)n1. The topological polar surface area (TPSA) is 87.3 Å². The van der Waals surface area contributed by atoms with Crippen LogP contribution in [0.5, 0.6) is 0 Å². The highest BCUT2D eigenvalue weighted by molar-refractivity contribution is 5.46. The van der Waals surface area contributed by atoms with Crippen LogP contribution in [0.25, 0.3) is 0 Å². The second-order valence-electron chi connectivity index (χ2n) is 4.09. The van der Waals surface area contributed by atoms with E-state index in [2.05, 4.69) is 9.97 Å². The van der Waals surface area contributed by atoms with Gasteiger partial charge in [0.25, 0.3) is 0 Å². The quantitative estimate of drug-likeness (QED) is 0.550. The molecule has 0 saturated heterocycles. The van der Waals surface area contributed by atoms with Crippen molar-refractivity contribution in [2.45, 2.75) is 26.1 Å². The number of aliphatic hydroxyl groups is 1. The number of anilines is 2. The van der Waals surface area contributed by atoms with Crippen LogP contribution in [-0.4, -0.2) is 34.3 Å². The standard InChI is InChI=1S/C10H16F3N5O/c1-6(2)18(3-4-19)8-5-7(10(11,12)13)15-9(16-8)17-14/h5-6,19H,3-4,14H2,1-2H3,(H,15,16,17). The number of hydrogen-bond acceptors (Lipinski definition) is 6. The van der Waals surface area contributed by atoms with Crippen LogP contribution in [0.15, 0.2) is 6.07 Å². The molecule has 0 saturated carbocycles. The van der Waals surface area contributed by atoms with Gasteiger partial charge >= 0.3 is 6.18 Å². The molecule has 0 aliphatic rings. The first-order valence-corrected chi connectivity index (χ1v) is 5.60. The van der Waals surface area contributed by atoms with Gasteiger partial charge in [0.2, 0.25) is 5.95 Å². The summed E-state index contributed by atoms with van der Waals surface area (Å²) in [5, 5.41) is 8.95. The molecule has 9 heteroatoms. The molecule has 0 spiro atoms. The lowest BCUT2D eigenvalue weighted by atomic mass is 10.3. The minimum atomic E-state index is -4.59. The normalized spacial score (nSPS) is 11.8. The second-order valence-corrected chi connectivity index (χ2v) is 4.09. The molecular formula is C10H16F3N5O. The average Bonchev–Trinajstić information content (AvgIpc) is 2.33. The molecule has 0 unspecified atom stereocenters. The molecule has 1 aromatic rings. The predicted molar refractivity (Wildman–Crippen MR) is 64.4 cm³/mol. The summed E-state index contributed by atoms with van der Waals surface area (Å²) in [6.07, 6.45) is -4.59. The summed E-state index contributed by atoms with van der Waals surface area (Å²) >= 11 is 0. The van der Waals surface area contributed by atoms with Crippen LogP contribution >= 0.6 is 0 Å². The van der Waals surface area contributed by atoms with Crippen molar-refractivity contribution in [1.29, 1.82) is 0 Å². The molecule has 108 valence electrons. The molecule has 1 rings (SSSR count). The lowest BCUT2D eigenvalue weighted by Gasteiger charge is -2.27. The van der Waals surface area contributed by atoms with Crippen LogP contribution in [0, 0.1) is 0 Å². The maximum absolute atomic E-state index is 12.7. The van der Waals surface area contributed by atoms with Gasteiger partial charge in [-0.2, -0.15) is 18.2 Å². The summed E-state index contributed by atoms with van der Waals surface area (Å²) in [5.74, 6) is 4.80. The van der Waals surface area contributed by atoms with E-state index in [0.717, 1.165) is 6.07 Å². The molecule has 0 aliphatic heterocycles. The Morgan fingerprint density at radius 1 is 1.42 bits per heavy atom. The first-order valence-electron chi connectivity index (χ1n) is 5.60. The molecule has 0 atom stereocenters. The number of nitrogens with two attached hydrogens (primary N) is 1. The van der Waals surface area contributed by atoms with Crippen molar-refractivity contribution in [1.82, 2.24) is 9.97 Å². The Hall–Kier alpha value is -1.61. The zero-order valence-corrected chi connectivity index (χ0v) is 10.6. The van der Waals surface area contributed by atoms with Gasteiger partial charge in [0, 0.05) is 18.7 Å². The van der Waals surface area contributed by atoms with Gasteiger partial charge in [-0.15, -0.1) is 0 Å². The highest BCUT2D eigenvalue weighted by atomic mass is 19.4. The molecule has 0 fully saturated rings. The smallest absolute Gasteiger partial charge is 0.395 e. The van der Waals surface area contributed by atoms with Gasteiger partial charge in [0.15, 0.2) is 5.69 Å². The van der Waals surface area contributed by atoms with Gasteiger partial charge in [-0.05, 0) is 13.8 Å². The van der Waals surface area contributed by atoms with Crippen molar-refractivity contribution in [2.24, 2.45) is 5.84 Å². The summed E-state index contributed by atoms with van der Waals surface area (Å²) in [5.41, 5.74) is 0.916. The lowest BCUT2D eigenvalue weighted by molar-refractivity contribution is -0.141. The van der Waals surface area contributed by atoms with E-state index in [1.807, 2.05) is 5.43 Å². The molecule has 1 aromatic heterocycles. The number of aliphatic hydroxyl groups excluding tert-OH is 1. The number of nitrogen functional groups attached to an aromatic ring is 1. The molecule has 0 radical (unpaired) electrons. The van der Waals surface area contributed by atoms with E-state index >= 15 is 0 Å². The van der Waals surface area contributed by atoms with Crippen LogP contribution < -0.4 is 16.2 Å². The average molecular weight is 279 g/mol. The van der Waals surface area contributed by atoms with E-state index in [0.29, 0.717) is 0 Å². The minimum absolute atomic E-state index is 0.0549. The molecule has 0 aromatic carbocycles. The third kappa shape index (κ3) is 3.93. The van der Waals surface area contributed by atoms with Gasteiger partial charge in [0.05, 0.1) is 6.61 Å².